The van der Waals surface area contributed by atoms with Crippen molar-refractivity contribution in [3.8, 4) is 0 Å². The van der Waals surface area contributed by atoms with Crippen LogP contribution < -0.4 is 0 Å². The van der Waals surface area contributed by atoms with Crippen LogP contribution in [0.1, 0.15) is 0 Å². The lowest BCUT2D eigenvalue weighted by Gasteiger charge is -2.34. The number of aliphatic hydroxyl groups excluding tert-OH is 3. The van der Waals surface area contributed by atoms with Crippen LogP contribution in [0.25, 0.3) is 0 Å². The van der Waals surface area contributed by atoms with Gasteiger partial charge >= 0.3 is 0 Å². The van der Waals surface area contributed by atoms with Gasteiger partial charge in [-0.25, -0.2) is 8.42 Å². The summed E-state index contributed by atoms with van der Waals surface area (Å²) in [5.74, 6) is 0. The third-order valence-corrected chi connectivity index (χ3v) is 4.79. The predicted molar refractivity (Wildman–Crippen MR) is 61.4 cm³/mol. The summed E-state index contributed by atoms with van der Waals surface area (Å²) in [4.78, 5) is -0.00219. The van der Waals surface area contributed by atoms with Gasteiger partial charge in [0.2, 0.25) is 9.84 Å². The molecule has 1 aromatic rings. The largest absolute Gasteiger partial charge is 0.388 e. The van der Waals surface area contributed by atoms with Gasteiger partial charge in [-0.2, -0.15) is 0 Å². The fourth-order valence-electron chi connectivity index (χ4n) is 1.80. The summed E-state index contributed by atoms with van der Waals surface area (Å²) >= 11 is 0. The third kappa shape index (κ3) is 2.27. The Bertz CT molecular complexity index is 500. The molecular weight excluding hydrogens is 260 g/mol. The van der Waals surface area contributed by atoms with E-state index in [1.807, 2.05) is 0 Å². The molecule has 1 aliphatic rings. The van der Waals surface area contributed by atoms with Crippen LogP contribution in [0.15, 0.2) is 35.2 Å². The van der Waals surface area contributed by atoms with E-state index in [2.05, 4.69) is 0 Å². The Labute approximate surface area is 104 Å². The maximum atomic E-state index is 12.2. The minimum absolute atomic E-state index is 0.00219. The van der Waals surface area contributed by atoms with Crippen LogP contribution in [0, 0.1) is 0 Å². The average Bonchev–Trinajstić information content (AvgIpc) is 2.37. The van der Waals surface area contributed by atoms with Crippen molar-refractivity contribution >= 4 is 9.84 Å². The van der Waals surface area contributed by atoms with E-state index >= 15 is 0 Å². The zero-order chi connectivity index (χ0) is 13.3. The smallest absolute Gasteiger partial charge is 0.207 e. The number of rotatable bonds is 2. The van der Waals surface area contributed by atoms with E-state index in [4.69, 9.17) is 4.74 Å². The second-order valence-electron chi connectivity index (χ2n) is 4.11. The number of benzene rings is 1. The molecule has 0 saturated carbocycles. The number of hydrogen-bond donors (Lipinski definition) is 3. The maximum absolute atomic E-state index is 12.2. The molecule has 1 fully saturated rings. The number of ether oxygens (including phenoxy) is 1. The van der Waals surface area contributed by atoms with Crippen LogP contribution in [-0.2, 0) is 14.6 Å². The maximum Gasteiger partial charge on any atom is 0.207 e. The molecule has 1 heterocycles. The van der Waals surface area contributed by atoms with Gasteiger partial charge in [-0.1, -0.05) is 18.2 Å². The fourth-order valence-corrected chi connectivity index (χ4v) is 3.39. The first kappa shape index (κ1) is 13.4. The van der Waals surface area contributed by atoms with Crippen molar-refractivity contribution in [3.05, 3.63) is 30.3 Å². The Morgan fingerprint density at radius 2 is 1.67 bits per heavy atom. The molecule has 0 radical (unpaired) electrons. The van der Waals surface area contributed by atoms with Crippen molar-refractivity contribution in [2.75, 3.05) is 6.61 Å². The van der Waals surface area contributed by atoms with Gasteiger partial charge in [0.15, 0.2) is 5.44 Å². The first-order valence-electron chi connectivity index (χ1n) is 5.39. The first-order valence-corrected chi connectivity index (χ1v) is 6.94. The summed E-state index contributed by atoms with van der Waals surface area (Å²) in [7, 11) is -3.91. The van der Waals surface area contributed by atoms with E-state index in [1.54, 1.807) is 18.2 Å². The van der Waals surface area contributed by atoms with Crippen LogP contribution in [0.4, 0.5) is 0 Å². The topological polar surface area (TPSA) is 104 Å². The molecule has 1 aromatic carbocycles. The first-order chi connectivity index (χ1) is 8.44. The van der Waals surface area contributed by atoms with Crippen molar-refractivity contribution < 1.29 is 28.5 Å². The number of aliphatic hydroxyl groups is 3. The molecule has 6 nitrogen and oxygen atoms in total. The van der Waals surface area contributed by atoms with Crippen LogP contribution in [0.2, 0.25) is 0 Å². The van der Waals surface area contributed by atoms with Gasteiger partial charge in [-0.05, 0) is 12.1 Å². The minimum atomic E-state index is -3.91. The zero-order valence-corrected chi connectivity index (χ0v) is 10.2. The van der Waals surface area contributed by atoms with Crippen molar-refractivity contribution in [3.63, 3.8) is 0 Å². The van der Waals surface area contributed by atoms with E-state index in [-0.39, 0.29) is 11.5 Å². The van der Waals surface area contributed by atoms with E-state index in [9.17, 15) is 23.7 Å². The van der Waals surface area contributed by atoms with Crippen LogP contribution in [0.3, 0.4) is 0 Å². The van der Waals surface area contributed by atoms with Gasteiger partial charge in [0, 0.05) is 0 Å². The summed E-state index contributed by atoms with van der Waals surface area (Å²) in [6.45, 7) is -0.338. The van der Waals surface area contributed by atoms with Gasteiger partial charge < -0.3 is 20.1 Å². The summed E-state index contributed by atoms with van der Waals surface area (Å²) in [6.07, 6.45) is -4.51. The molecule has 1 aliphatic heterocycles. The molecule has 1 saturated heterocycles. The van der Waals surface area contributed by atoms with Gasteiger partial charge in [-0.15, -0.1) is 0 Å². The lowest BCUT2D eigenvalue weighted by molar-refractivity contribution is -0.163. The summed E-state index contributed by atoms with van der Waals surface area (Å²) in [5, 5.41) is 28.4. The normalized spacial score (nSPS) is 33.3. The summed E-state index contributed by atoms with van der Waals surface area (Å²) in [5.41, 5.74) is -1.57. The van der Waals surface area contributed by atoms with Crippen molar-refractivity contribution in [1.82, 2.24) is 0 Å². The van der Waals surface area contributed by atoms with E-state index < -0.39 is 33.6 Å². The average molecular weight is 274 g/mol. The van der Waals surface area contributed by atoms with Gasteiger partial charge in [0.1, 0.15) is 18.3 Å². The SMILES string of the molecule is O=S(=O)(c1ccccc1)C1OCC(O)C(O)C1O. The van der Waals surface area contributed by atoms with Crippen molar-refractivity contribution in [1.29, 1.82) is 0 Å². The molecule has 100 valence electrons. The Balaban J connectivity index is 2.32. The third-order valence-electron chi connectivity index (χ3n) is 2.83. The quantitative estimate of drug-likeness (QED) is 0.632. The fraction of sp³-hybridized carbons (Fsp3) is 0.455. The Hall–Kier alpha value is -0.990. The Kier molecular flexibility index (Phi) is 3.69. The molecule has 0 aliphatic carbocycles. The molecule has 4 atom stereocenters. The zero-order valence-electron chi connectivity index (χ0n) is 9.38. The Morgan fingerprint density at radius 1 is 1.06 bits per heavy atom. The Morgan fingerprint density at radius 3 is 2.28 bits per heavy atom. The van der Waals surface area contributed by atoms with Crippen LogP contribution >= 0.6 is 0 Å². The highest BCUT2D eigenvalue weighted by molar-refractivity contribution is 7.92. The number of hydrogen-bond acceptors (Lipinski definition) is 6. The molecule has 0 amide bonds. The monoisotopic (exact) mass is 274 g/mol. The van der Waals surface area contributed by atoms with Gasteiger partial charge in [-0.3, -0.25) is 0 Å². The number of sulfone groups is 1. The molecule has 0 bridgehead atoms. The van der Waals surface area contributed by atoms with E-state index in [0.29, 0.717) is 0 Å². The predicted octanol–water partition coefficient (Wildman–Crippen LogP) is -1.10. The highest BCUT2D eigenvalue weighted by Gasteiger charge is 2.44. The highest BCUT2D eigenvalue weighted by atomic mass is 32.2. The molecule has 4 unspecified atom stereocenters. The second-order valence-corrected chi connectivity index (χ2v) is 6.13. The molecule has 3 N–H and O–H groups in total. The molecule has 0 aromatic heterocycles. The lowest BCUT2D eigenvalue weighted by atomic mass is 10.1. The van der Waals surface area contributed by atoms with Crippen molar-refractivity contribution in [2.24, 2.45) is 0 Å². The lowest BCUT2D eigenvalue weighted by Crippen LogP contribution is -2.55. The van der Waals surface area contributed by atoms with E-state index in [1.165, 1.54) is 12.1 Å². The van der Waals surface area contributed by atoms with Gasteiger partial charge in [0.25, 0.3) is 0 Å². The summed E-state index contributed by atoms with van der Waals surface area (Å²) in [6, 6.07) is 7.52. The standard InChI is InChI=1S/C11H14O6S/c12-8-6-17-11(10(14)9(8)13)18(15,16)7-4-2-1-3-5-7/h1-5,8-14H,6H2. The second kappa shape index (κ2) is 4.94. The minimum Gasteiger partial charge on any atom is -0.388 e. The molecular formula is C11H14O6S. The summed E-state index contributed by atoms with van der Waals surface area (Å²) < 4.78 is 29.3. The molecule has 18 heavy (non-hydrogen) atoms. The van der Waals surface area contributed by atoms with Crippen LogP contribution in [0.5, 0.6) is 0 Å². The molecule has 0 spiro atoms. The molecule has 7 heteroatoms. The van der Waals surface area contributed by atoms with Gasteiger partial charge in [0.05, 0.1) is 11.5 Å². The highest BCUT2D eigenvalue weighted by Crippen LogP contribution is 2.25. The molecule has 2 rings (SSSR count). The van der Waals surface area contributed by atoms with Crippen LogP contribution in [-0.4, -0.2) is 54.1 Å². The van der Waals surface area contributed by atoms with E-state index in [0.717, 1.165) is 0 Å². The van der Waals surface area contributed by atoms with Crippen molar-refractivity contribution in [2.45, 2.75) is 28.6 Å².